The molecular formula is C21H30N4O4S. The van der Waals surface area contributed by atoms with Crippen LogP contribution in [0.25, 0.3) is 0 Å². The van der Waals surface area contributed by atoms with Gasteiger partial charge < -0.3 is 20.3 Å². The van der Waals surface area contributed by atoms with E-state index in [0.29, 0.717) is 24.5 Å². The van der Waals surface area contributed by atoms with Crippen LogP contribution in [0.15, 0.2) is 47.4 Å². The third-order valence-electron chi connectivity index (χ3n) is 4.53. The number of hydrogen-bond donors (Lipinski definition) is 2. The number of primary amides is 1. The Morgan fingerprint density at radius 1 is 1.07 bits per heavy atom. The van der Waals surface area contributed by atoms with Crippen LogP contribution in [0.2, 0.25) is 0 Å². The summed E-state index contributed by atoms with van der Waals surface area (Å²) in [7, 11) is -0.281. The lowest BCUT2D eigenvalue weighted by atomic mass is 10.1. The Kier molecular flexibility index (Phi) is 8.22. The predicted molar refractivity (Wildman–Crippen MR) is 119 cm³/mol. The van der Waals surface area contributed by atoms with Gasteiger partial charge in [0.15, 0.2) is 5.75 Å². The molecule has 164 valence electrons. The molecule has 0 heterocycles. The number of primary sulfonamides is 1. The minimum absolute atomic E-state index is 0.0563. The number of carbonyl (C=O) groups excluding carboxylic acids is 1. The van der Waals surface area contributed by atoms with Gasteiger partial charge in [-0.3, -0.25) is 4.79 Å². The Hall–Kier alpha value is -2.62. The van der Waals surface area contributed by atoms with E-state index in [-0.39, 0.29) is 16.2 Å². The Morgan fingerprint density at radius 2 is 1.73 bits per heavy atom. The van der Waals surface area contributed by atoms with Gasteiger partial charge in [0.05, 0.1) is 5.69 Å². The fourth-order valence-corrected chi connectivity index (χ4v) is 3.60. The number of rotatable bonds is 11. The predicted octanol–water partition coefficient (Wildman–Crippen LogP) is 2.39. The molecular weight excluding hydrogens is 404 g/mol. The monoisotopic (exact) mass is 434 g/mol. The van der Waals surface area contributed by atoms with Crippen LogP contribution in [-0.4, -0.2) is 53.0 Å². The number of para-hydroxylation sites is 1. The van der Waals surface area contributed by atoms with Gasteiger partial charge in [-0.15, -0.1) is 0 Å². The van der Waals surface area contributed by atoms with Gasteiger partial charge in [-0.25, -0.2) is 13.6 Å². The van der Waals surface area contributed by atoms with E-state index in [4.69, 9.17) is 15.6 Å². The summed E-state index contributed by atoms with van der Waals surface area (Å²) < 4.78 is 30.8. The highest BCUT2D eigenvalue weighted by Gasteiger charge is 2.25. The number of benzene rings is 2. The van der Waals surface area contributed by atoms with Gasteiger partial charge in [0.1, 0.15) is 10.6 Å². The molecule has 2 rings (SSSR count). The molecule has 0 radical (unpaired) electrons. The molecule has 0 saturated carbocycles. The quantitative estimate of drug-likeness (QED) is 0.560. The van der Waals surface area contributed by atoms with Crippen LogP contribution in [0.5, 0.6) is 11.5 Å². The molecule has 2 aromatic rings. The van der Waals surface area contributed by atoms with Gasteiger partial charge >= 0.3 is 0 Å². The SMILES string of the molecule is CCCCN(CCN(C)C)c1cc(C(N)=O)cc(S(N)(=O)=O)c1Oc1ccccc1. The Morgan fingerprint density at radius 3 is 2.27 bits per heavy atom. The number of nitrogens with two attached hydrogens (primary N) is 2. The molecule has 0 aliphatic heterocycles. The van der Waals surface area contributed by atoms with E-state index in [1.54, 1.807) is 30.3 Å². The number of likely N-dealkylation sites (N-methyl/N-ethyl adjacent to an activating group) is 1. The molecule has 2 aromatic carbocycles. The number of anilines is 1. The van der Waals surface area contributed by atoms with Crippen LogP contribution in [0.4, 0.5) is 5.69 Å². The van der Waals surface area contributed by atoms with Gasteiger partial charge in [-0.1, -0.05) is 31.5 Å². The van der Waals surface area contributed by atoms with Crippen LogP contribution in [-0.2, 0) is 10.0 Å². The van der Waals surface area contributed by atoms with Gasteiger partial charge in [0.25, 0.3) is 0 Å². The Balaban J connectivity index is 2.71. The highest BCUT2D eigenvalue weighted by atomic mass is 32.2. The lowest BCUT2D eigenvalue weighted by Crippen LogP contribution is -2.33. The lowest BCUT2D eigenvalue weighted by Gasteiger charge is -2.29. The zero-order valence-corrected chi connectivity index (χ0v) is 18.5. The van der Waals surface area contributed by atoms with E-state index in [2.05, 4.69) is 6.92 Å². The second-order valence-corrected chi connectivity index (χ2v) is 8.82. The average Bonchev–Trinajstić information content (AvgIpc) is 2.68. The first-order valence-corrected chi connectivity index (χ1v) is 11.3. The first kappa shape index (κ1) is 23.7. The van der Waals surface area contributed by atoms with Crippen LogP contribution in [0.1, 0.15) is 30.1 Å². The van der Waals surface area contributed by atoms with Crippen molar-refractivity contribution in [2.75, 3.05) is 38.6 Å². The highest BCUT2D eigenvalue weighted by Crippen LogP contribution is 2.39. The molecule has 8 nitrogen and oxygen atoms in total. The van der Waals surface area contributed by atoms with Crippen LogP contribution < -0.4 is 20.5 Å². The van der Waals surface area contributed by atoms with E-state index < -0.39 is 15.9 Å². The molecule has 0 unspecified atom stereocenters. The maximum Gasteiger partial charge on any atom is 0.248 e. The van der Waals surface area contributed by atoms with Crippen molar-refractivity contribution in [2.45, 2.75) is 24.7 Å². The molecule has 0 spiro atoms. The minimum atomic E-state index is -4.19. The van der Waals surface area contributed by atoms with Gasteiger partial charge in [0.2, 0.25) is 15.9 Å². The number of amides is 1. The van der Waals surface area contributed by atoms with E-state index in [1.807, 2.05) is 30.0 Å². The topological polar surface area (TPSA) is 119 Å². The van der Waals surface area contributed by atoms with Crippen molar-refractivity contribution >= 4 is 21.6 Å². The molecule has 0 atom stereocenters. The van der Waals surface area contributed by atoms with Crippen LogP contribution in [0, 0.1) is 0 Å². The second kappa shape index (κ2) is 10.4. The third-order valence-corrected chi connectivity index (χ3v) is 5.45. The van der Waals surface area contributed by atoms with E-state index >= 15 is 0 Å². The molecule has 30 heavy (non-hydrogen) atoms. The van der Waals surface area contributed by atoms with E-state index in [1.165, 1.54) is 6.07 Å². The van der Waals surface area contributed by atoms with Gasteiger partial charge in [-0.2, -0.15) is 0 Å². The first-order valence-electron chi connectivity index (χ1n) is 9.76. The van der Waals surface area contributed by atoms with Crippen molar-refractivity contribution in [3.8, 4) is 11.5 Å². The summed E-state index contributed by atoms with van der Waals surface area (Å²) in [5.74, 6) is -0.197. The molecule has 1 amide bonds. The maximum absolute atomic E-state index is 12.4. The summed E-state index contributed by atoms with van der Waals surface area (Å²) in [5.41, 5.74) is 6.00. The normalized spacial score (nSPS) is 11.5. The molecule has 9 heteroatoms. The number of hydrogen-bond acceptors (Lipinski definition) is 6. The van der Waals surface area contributed by atoms with Crippen molar-refractivity contribution < 1.29 is 17.9 Å². The summed E-state index contributed by atoms with van der Waals surface area (Å²) >= 11 is 0. The molecule has 0 bridgehead atoms. The molecule has 0 aliphatic rings. The van der Waals surface area contributed by atoms with Gasteiger partial charge in [0, 0.05) is 25.2 Å². The highest BCUT2D eigenvalue weighted by molar-refractivity contribution is 7.89. The molecule has 0 aromatic heterocycles. The number of sulfonamides is 1. The zero-order valence-electron chi connectivity index (χ0n) is 17.7. The largest absolute Gasteiger partial charge is 0.454 e. The molecule has 0 saturated heterocycles. The number of unbranched alkanes of at least 4 members (excludes halogenated alkanes) is 1. The van der Waals surface area contributed by atoms with E-state index in [0.717, 1.165) is 19.4 Å². The molecule has 4 N–H and O–H groups in total. The first-order chi connectivity index (χ1) is 14.1. The Labute approximate surface area is 178 Å². The summed E-state index contributed by atoms with van der Waals surface area (Å²) in [5, 5.41) is 5.48. The molecule has 0 fully saturated rings. The van der Waals surface area contributed by atoms with Crippen molar-refractivity contribution in [3.05, 3.63) is 48.0 Å². The zero-order chi connectivity index (χ0) is 22.3. The summed E-state index contributed by atoms with van der Waals surface area (Å²) in [4.78, 5) is 15.7. The third kappa shape index (κ3) is 6.45. The maximum atomic E-state index is 12.4. The fraction of sp³-hybridized carbons (Fsp3) is 0.381. The van der Waals surface area contributed by atoms with Crippen molar-refractivity contribution in [2.24, 2.45) is 10.9 Å². The van der Waals surface area contributed by atoms with Crippen LogP contribution >= 0.6 is 0 Å². The van der Waals surface area contributed by atoms with Gasteiger partial charge in [-0.05, 0) is 44.8 Å². The van der Waals surface area contributed by atoms with E-state index in [9.17, 15) is 13.2 Å². The smallest absolute Gasteiger partial charge is 0.248 e. The van der Waals surface area contributed by atoms with Crippen LogP contribution in [0.3, 0.4) is 0 Å². The lowest BCUT2D eigenvalue weighted by molar-refractivity contribution is 0.1000. The number of ether oxygens (including phenoxy) is 1. The molecule has 0 aliphatic carbocycles. The minimum Gasteiger partial charge on any atom is -0.454 e. The number of nitrogens with zero attached hydrogens (tertiary/aromatic N) is 2. The van der Waals surface area contributed by atoms with Crippen molar-refractivity contribution in [1.29, 1.82) is 0 Å². The summed E-state index contributed by atoms with van der Waals surface area (Å²) in [6.07, 6.45) is 1.83. The summed E-state index contributed by atoms with van der Waals surface area (Å²) in [6, 6.07) is 11.6. The second-order valence-electron chi connectivity index (χ2n) is 7.29. The fourth-order valence-electron chi connectivity index (χ4n) is 2.91. The average molecular weight is 435 g/mol. The van der Waals surface area contributed by atoms with Crippen molar-refractivity contribution in [1.82, 2.24) is 4.90 Å². The standard InChI is InChI=1S/C21H30N4O4S/c1-4-5-11-25(13-12-24(2)3)18-14-16(21(22)26)15-19(30(23,27)28)20(18)29-17-9-7-6-8-10-17/h6-10,14-15H,4-5,11-13H2,1-3H3,(H2,22,26)(H2,23,27,28). The van der Waals surface area contributed by atoms with Crippen molar-refractivity contribution in [3.63, 3.8) is 0 Å². The Bertz CT molecular complexity index is 962. The summed E-state index contributed by atoms with van der Waals surface area (Å²) in [6.45, 7) is 4.05. The number of carbonyl (C=O) groups is 1.